The Labute approximate surface area is 98.8 Å². The quantitative estimate of drug-likeness (QED) is 0.738. The van der Waals surface area contributed by atoms with Gasteiger partial charge in [0, 0.05) is 24.3 Å². The number of hydrogen-bond donors (Lipinski definition) is 2. The molecular formula is C10H20F3NOS. The summed E-state index contributed by atoms with van der Waals surface area (Å²) in [5, 5.41) is 9.28. The van der Waals surface area contributed by atoms with Gasteiger partial charge in [-0.1, -0.05) is 25.6 Å². The topological polar surface area (TPSA) is 46.2 Å². The number of thioether (sulfide) groups is 1. The summed E-state index contributed by atoms with van der Waals surface area (Å²) in [6.07, 6.45) is 0.945. The third-order valence-corrected chi connectivity index (χ3v) is 3.24. The van der Waals surface area contributed by atoms with Crippen molar-refractivity contribution < 1.29 is 18.3 Å². The lowest BCUT2D eigenvalue weighted by Crippen LogP contribution is -2.36. The highest BCUT2D eigenvalue weighted by atomic mass is 32.2. The summed E-state index contributed by atoms with van der Waals surface area (Å²) in [6.45, 7) is 4.01. The molecule has 0 aliphatic carbocycles. The molecular weight excluding hydrogens is 239 g/mol. The number of hydrogen-bond acceptors (Lipinski definition) is 3. The first-order chi connectivity index (χ1) is 7.24. The van der Waals surface area contributed by atoms with Crippen LogP contribution in [0.15, 0.2) is 0 Å². The molecule has 0 aromatic rings. The van der Waals surface area contributed by atoms with Crippen LogP contribution in [0.25, 0.3) is 0 Å². The van der Waals surface area contributed by atoms with Crippen molar-refractivity contribution in [2.75, 3.05) is 18.9 Å². The molecule has 0 bridgehead atoms. The van der Waals surface area contributed by atoms with Gasteiger partial charge in [-0.05, 0) is 18.8 Å². The number of alkyl halides is 3. The molecule has 0 saturated carbocycles. The molecule has 3 N–H and O–H groups in total. The first-order valence-electron chi connectivity index (χ1n) is 5.26. The predicted molar refractivity (Wildman–Crippen MR) is 61.2 cm³/mol. The molecule has 2 nitrogen and oxygen atoms in total. The van der Waals surface area contributed by atoms with Gasteiger partial charge in [0.2, 0.25) is 0 Å². The van der Waals surface area contributed by atoms with Gasteiger partial charge in [0.15, 0.2) is 0 Å². The van der Waals surface area contributed by atoms with E-state index in [1.165, 1.54) is 0 Å². The second-order valence-corrected chi connectivity index (χ2v) is 5.66. The Hall–Kier alpha value is 0.0600. The average Bonchev–Trinajstić information content (AvgIpc) is 2.13. The Morgan fingerprint density at radius 1 is 1.31 bits per heavy atom. The van der Waals surface area contributed by atoms with Gasteiger partial charge in [-0.2, -0.15) is 13.2 Å². The summed E-state index contributed by atoms with van der Waals surface area (Å²) in [5.74, 6) is 0.264. The number of halogens is 3. The van der Waals surface area contributed by atoms with Gasteiger partial charge in [0.05, 0.1) is 0 Å². The van der Waals surface area contributed by atoms with Crippen LogP contribution in [0.2, 0.25) is 0 Å². The fraction of sp³-hybridized carbons (Fsp3) is 1.00. The van der Waals surface area contributed by atoms with Gasteiger partial charge >= 0.3 is 5.51 Å². The van der Waals surface area contributed by atoms with Crippen molar-refractivity contribution in [1.29, 1.82) is 0 Å². The molecule has 0 spiro atoms. The molecule has 0 aliphatic rings. The summed E-state index contributed by atoms with van der Waals surface area (Å²) >= 11 is -0.0484. The van der Waals surface area contributed by atoms with E-state index in [1.54, 1.807) is 0 Å². The molecule has 0 fully saturated rings. The maximum atomic E-state index is 12.0. The van der Waals surface area contributed by atoms with Gasteiger partial charge < -0.3 is 10.8 Å². The third kappa shape index (κ3) is 6.60. The standard InChI is InChI=1S/C10H20F3NOS/c1-8(2)5-9(6-14,7-15)3-4-16-10(11,12)13/h8,15H,3-7,14H2,1-2H3. The van der Waals surface area contributed by atoms with Crippen LogP contribution >= 0.6 is 11.8 Å². The summed E-state index contributed by atoms with van der Waals surface area (Å²) < 4.78 is 35.9. The fourth-order valence-electron chi connectivity index (χ4n) is 1.74. The molecule has 16 heavy (non-hydrogen) atoms. The van der Waals surface area contributed by atoms with Crippen LogP contribution in [0.4, 0.5) is 13.2 Å². The van der Waals surface area contributed by atoms with Gasteiger partial charge in [-0.25, -0.2) is 0 Å². The zero-order valence-corrected chi connectivity index (χ0v) is 10.5. The van der Waals surface area contributed by atoms with Crippen molar-refractivity contribution >= 4 is 11.8 Å². The van der Waals surface area contributed by atoms with Gasteiger partial charge in [-0.3, -0.25) is 0 Å². The molecule has 0 heterocycles. The zero-order valence-electron chi connectivity index (χ0n) is 9.68. The van der Waals surface area contributed by atoms with Crippen molar-refractivity contribution in [1.82, 2.24) is 0 Å². The summed E-state index contributed by atoms with van der Waals surface area (Å²) in [6, 6.07) is 0. The van der Waals surface area contributed by atoms with Crippen LogP contribution in [0.5, 0.6) is 0 Å². The average molecular weight is 259 g/mol. The van der Waals surface area contributed by atoms with E-state index in [0.717, 1.165) is 0 Å². The van der Waals surface area contributed by atoms with Crippen LogP contribution in [0.1, 0.15) is 26.7 Å². The van der Waals surface area contributed by atoms with E-state index >= 15 is 0 Å². The molecule has 6 heteroatoms. The van der Waals surface area contributed by atoms with Crippen LogP contribution in [0, 0.1) is 11.3 Å². The second kappa shape index (κ2) is 6.71. The number of aliphatic hydroxyl groups excluding tert-OH is 1. The molecule has 1 atom stereocenters. The first-order valence-corrected chi connectivity index (χ1v) is 6.25. The minimum absolute atomic E-state index is 0.0476. The van der Waals surface area contributed by atoms with Crippen LogP contribution < -0.4 is 5.73 Å². The highest BCUT2D eigenvalue weighted by Crippen LogP contribution is 2.35. The Morgan fingerprint density at radius 3 is 2.19 bits per heavy atom. The van der Waals surface area contributed by atoms with Crippen molar-refractivity contribution in [3.8, 4) is 0 Å². The van der Waals surface area contributed by atoms with E-state index in [1.807, 2.05) is 13.8 Å². The van der Waals surface area contributed by atoms with Crippen molar-refractivity contribution in [2.45, 2.75) is 32.2 Å². The molecule has 1 unspecified atom stereocenters. The SMILES string of the molecule is CC(C)CC(CN)(CO)CCSC(F)(F)F. The van der Waals surface area contributed by atoms with E-state index < -0.39 is 10.9 Å². The lowest BCUT2D eigenvalue weighted by molar-refractivity contribution is -0.0330. The lowest BCUT2D eigenvalue weighted by Gasteiger charge is -2.32. The molecule has 0 radical (unpaired) electrons. The molecule has 0 rings (SSSR count). The van der Waals surface area contributed by atoms with E-state index in [4.69, 9.17) is 5.73 Å². The van der Waals surface area contributed by atoms with Gasteiger partial charge in [0.25, 0.3) is 0 Å². The molecule has 0 saturated heterocycles. The normalized spacial score (nSPS) is 16.5. The summed E-state index contributed by atoms with van der Waals surface area (Å²) in [7, 11) is 0. The zero-order chi connectivity index (χ0) is 12.8. The predicted octanol–water partition coefficient (Wildman–Crippen LogP) is 2.61. The molecule has 0 amide bonds. The minimum Gasteiger partial charge on any atom is -0.396 e. The maximum Gasteiger partial charge on any atom is 0.441 e. The van der Waals surface area contributed by atoms with Crippen LogP contribution in [-0.2, 0) is 0 Å². The second-order valence-electron chi connectivity index (χ2n) is 4.50. The highest BCUT2D eigenvalue weighted by Gasteiger charge is 2.32. The lowest BCUT2D eigenvalue weighted by atomic mass is 9.78. The van der Waals surface area contributed by atoms with Gasteiger partial charge in [-0.15, -0.1) is 0 Å². The molecule has 0 aromatic heterocycles. The van der Waals surface area contributed by atoms with Gasteiger partial charge in [0.1, 0.15) is 0 Å². The largest absolute Gasteiger partial charge is 0.441 e. The first kappa shape index (κ1) is 16.1. The maximum absolute atomic E-state index is 12.0. The number of nitrogens with two attached hydrogens (primary N) is 1. The third-order valence-electron chi connectivity index (χ3n) is 2.51. The number of aliphatic hydroxyl groups is 1. The molecule has 98 valence electrons. The smallest absolute Gasteiger partial charge is 0.396 e. The number of rotatable bonds is 7. The summed E-state index contributed by atoms with van der Waals surface area (Å²) in [4.78, 5) is 0. The Bertz CT molecular complexity index is 193. The Kier molecular flexibility index (Phi) is 6.74. The molecule has 0 aromatic carbocycles. The minimum atomic E-state index is -4.20. The van der Waals surface area contributed by atoms with Crippen LogP contribution in [-0.4, -0.2) is 29.5 Å². The Morgan fingerprint density at radius 2 is 1.88 bits per heavy atom. The molecule has 0 aliphatic heterocycles. The van der Waals surface area contributed by atoms with E-state index in [9.17, 15) is 18.3 Å². The van der Waals surface area contributed by atoms with Crippen molar-refractivity contribution in [2.24, 2.45) is 17.1 Å². The van der Waals surface area contributed by atoms with Crippen LogP contribution in [0.3, 0.4) is 0 Å². The van der Waals surface area contributed by atoms with E-state index in [-0.39, 0.29) is 30.7 Å². The van der Waals surface area contributed by atoms with E-state index in [2.05, 4.69) is 0 Å². The fourth-order valence-corrected chi connectivity index (χ4v) is 2.51. The monoisotopic (exact) mass is 259 g/mol. The summed E-state index contributed by atoms with van der Waals surface area (Å²) in [5.41, 5.74) is 0.802. The van der Waals surface area contributed by atoms with Crippen molar-refractivity contribution in [3.63, 3.8) is 0 Å². The highest BCUT2D eigenvalue weighted by molar-refractivity contribution is 8.00. The van der Waals surface area contributed by atoms with Crippen molar-refractivity contribution in [3.05, 3.63) is 0 Å². The van der Waals surface area contributed by atoms with E-state index in [0.29, 0.717) is 18.8 Å². The Balaban J connectivity index is 4.22.